The zero-order chi connectivity index (χ0) is 22.1. The second kappa shape index (κ2) is 8.72. The Bertz CT molecular complexity index is 1340. The van der Waals surface area contributed by atoms with Crippen LogP contribution in [-0.2, 0) is 11.2 Å². The zero-order valence-electron chi connectivity index (χ0n) is 17.9. The first-order chi connectivity index (χ1) is 15.6. The van der Waals surface area contributed by atoms with Crippen LogP contribution in [-0.4, -0.2) is 53.5 Å². The number of carbonyl (C=O) groups excluding carboxylic acids is 1. The van der Waals surface area contributed by atoms with Gasteiger partial charge in [-0.05, 0) is 47.7 Å². The summed E-state index contributed by atoms with van der Waals surface area (Å²) >= 11 is 1.75. The minimum absolute atomic E-state index is 0.0977. The molecule has 0 aliphatic carbocycles. The summed E-state index contributed by atoms with van der Waals surface area (Å²) < 4.78 is 1.28. The molecule has 0 radical (unpaired) electrons. The lowest BCUT2D eigenvalue weighted by Crippen LogP contribution is -2.47. The highest BCUT2D eigenvalue weighted by molar-refractivity contribution is 7.17. The van der Waals surface area contributed by atoms with Gasteiger partial charge in [-0.15, -0.1) is 11.3 Å². The van der Waals surface area contributed by atoms with Crippen LogP contribution in [0, 0.1) is 0 Å². The number of hydrogen-bond donors (Lipinski definition) is 2. The van der Waals surface area contributed by atoms with E-state index < -0.39 is 0 Å². The number of aromatic nitrogens is 2. The van der Waals surface area contributed by atoms with Crippen LogP contribution in [0.4, 0.5) is 11.5 Å². The van der Waals surface area contributed by atoms with Crippen molar-refractivity contribution in [1.29, 1.82) is 0 Å². The van der Waals surface area contributed by atoms with Crippen LogP contribution in [0.2, 0.25) is 0 Å². The van der Waals surface area contributed by atoms with Crippen molar-refractivity contribution in [3.8, 4) is 0 Å². The molecular weight excluding hydrogens is 422 g/mol. The van der Waals surface area contributed by atoms with Crippen molar-refractivity contribution in [2.24, 2.45) is 0 Å². The van der Waals surface area contributed by atoms with Gasteiger partial charge in [0.15, 0.2) is 0 Å². The molecule has 1 aromatic carbocycles. The Morgan fingerprint density at radius 1 is 1.12 bits per heavy atom. The third-order valence-corrected chi connectivity index (χ3v) is 6.86. The molecule has 1 saturated heterocycles. The quantitative estimate of drug-likeness (QED) is 0.490. The Morgan fingerprint density at radius 3 is 2.78 bits per heavy atom. The number of carbonyl (C=O) groups is 1. The molecule has 1 fully saturated rings. The second-order valence-electron chi connectivity index (χ2n) is 8.15. The van der Waals surface area contributed by atoms with Crippen molar-refractivity contribution in [1.82, 2.24) is 14.9 Å². The van der Waals surface area contributed by atoms with E-state index in [2.05, 4.69) is 42.6 Å². The summed E-state index contributed by atoms with van der Waals surface area (Å²) in [7, 11) is 0. The topological polar surface area (TPSA) is 81.3 Å². The highest BCUT2D eigenvalue weighted by atomic mass is 32.1. The summed E-state index contributed by atoms with van der Waals surface area (Å²) in [5.41, 5.74) is 2.44. The van der Waals surface area contributed by atoms with Crippen molar-refractivity contribution in [2.75, 3.05) is 42.9 Å². The van der Waals surface area contributed by atoms with E-state index in [1.165, 1.54) is 17.0 Å². The Labute approximate surface area is 189 Å². The monoisotopic (exact) mass is 447 g/mol. The van der Waals surface area contributed by atoms with E-state index in [0.717, 1.165) is 67.1 Å². The number of nitrogens with zero attached hydrogens (tertiary/aromatic N) is 3. The van der Waals surface area contributed by atoms with Crippen LogP contribution in [0.5, 0.6) is 0 Å². The molecule has 32 heavy (non-hydrogen) atoms. The molecule has 4 aromatic rings. The van der Waals surface area contributed by atoms with Gasteiger partial charge < -0.3 is 15.2 Å². The van der Waals surface area contributed by atoms with E-state index in [-0.39, 0.29) is 11.5 Å². The van der Waals surface area contributed by atoms with E-state index >= 15 is 0 Å². The van der Waals surface area contributed by atoms with E-state index in [1.54, 1.807) is 17.4 Å². The highest BCUT2D eigenvalue weighted by Gasteiger charge is 2.20. The third-order valence-electron chi connectivity index (χ3n) is 5.98. The first-order valence-electron chi connectivity index (χ1n) is 10.8. The van der Waals surface area contributed by atoms with Gasteiger partial charge in [0, 0.05) is 78.6 Å². The van der Waals surface area contributed by atoms with E-state index in [9.17, 15) is 9.59 Å². The number of H-pyrrole nitrogens is 1. The summed E-state index contributed by atoms with van der Waals surface area (Å²) in [5, 5.41) is 7.15. The maximum absolute atomic E-state index is 12.2. The fourth-order valence-electron chi connectivity index (χ4n) is 4.41. The zero-order valence-corrected chi connectivity index (χ0v) is 18.7. The Hall–Kier alpha value is -3.23. The van der Waals surface area contributed by atoms with Crippen molar-refractivity contribution in [3.63, 3.8) is 0 Å². The lowest BCUT2D eigenvalue weighted by Gasteiger charge is -2.35. The summed E-state index contributed by atoms with van der Waals surface area (Å²) in [5.74, 6) is 0.968. The number of rotatable bonds is 5. The number of piperazine rings is 1. The van der Waals surface area contributed by atoms with Gasteiger partial charge in [0.1, 0.15) is 5.82 Å². The molecule has 0 atom stereocenters. The average Bonchev–Trinajstić information content (AvgIpc) is 3.27. The number of amides is 1. The van der Waals surface area contributed by atoms with Crippen molar-refractivity contribution < 1.29 is 4.79 Å². The fourth-order valence-corrected chi connectivity index (χ4v) is 5.18. The molecule has 0 unspecified atom stereocenters. The summed E-state index contributed by atoms with van der Waals surface area (Å²) in [6.45, 7) is 6.16. The predicted molar refractivity (Wildman–Crippen MR) is 131 cm³/mol. The number of nitrogens with one attached hydrogen (secondary N) is 2. The first-order valence-corrected chi connectivity index (χ1v) is 11.7. The number of fused-ring (bicyclic) bond motifs is 2. The largest absolute Gasteiger partial charge is 0.354 e. The van der Waals surface area contributed by atoms with Crippen LogP contribution in [0.25, 0.3) is 21.0 Å². The highest BCUT2D eigenvalue weighted by Crippen LogP contribution is 2.29. The van der Waals surface area contributed by atoms with Gasteiger partial charge in [0.2, 0.25) is 11.5 Å². The minimum Gasteiger partial charge on any atom is -0.354 e. The Kier molecular flexibility index (Phi) is 5.63. The fraction of sp³-hybridized carbons (Fsp3) is 0.292. The molecule has 0 spiro atoms. The molecule has 2 N–H and O–H groups in total. The first kappa shape index (κ1) is 20.7. The molecule has 1 aliphatic rings. The Balaban J connectivity index is 1.28. The lowest BCUT2D eigenvalue weighted by atomic mass is 10.0. The van der Waals surface area contributed by atoms with Crippen molar-refractivity contribution in [2.45, 2.75) is 13.3 Å². The number of aromatic amines is 1. The number of thiophene rings is 1. The maximum Gasteiger partial charge on any atom is 0.248 e. The standard InChI is InChI=1S/C24H25N5O2S/c1-16(30)26-18-2-3-21-20(15-18)17(14-23(31)27-21)5-8-28-9-11-29(12-10-28)24-19-6-13-32-22(19)4-7-25-24/h2-4,6-7,13-15H,5,8-12H2,1H3,(H,26,30)(H,27,31). The third kappa shape index (κ3) is 4.24. The van der Waals surface area contributed by atoms with Gasteiger partial charge in [0.05, 0.1) is 0 Å². The maximum atomic E-state index is 12.2. The number of pyridine rings is 2. The summed E-state index contributed by atoms with van der Waals surface area (Å²) in [6.07, 6.45) is 2.68. The molecule has 8 heteroatoms. The van der Waals surface area contributed by atoms with E-state index in [4.69, 9.17) is 0 Å². The number of hydrogen-bond acceptors (Lipinski definition) is 6. The molecule has 0 saturated carbocycles. The van der Waals surface area contributed by atoms with Gasteiger partial charge >= 0.3 is 0 Å². The molecule has 3 aromatic heterocycles. The average molecular weight is 448 g/mol. The second-order valence-corrected chi connectivity index (χ2v) is 9.09. The molecule has 5 rings (SSSR count). The van der Waals surface area contributed by atoms with Crippen LogP contribution in [0.15, 0.2) is 52.8 Å². The van der Waals surface area contributed by atoms with Crippen molar-refractivity contribution in [3.05, 3.63) is 63.9 Å². The molecule has 1 amide bonds. The molecule has 7 nitrogen and oxygen atoms in total. The number of benzene rings is 1. The minimum atomic E-state index is -0.110. The van der Waals surface area contributed by atoms with Gasteiger partial charge in [-0.2, -0.15) is 0 Å². The van der Waals surface area contributed by atoms with Gasteiger partial charge in [0.25, 0.3) is 0 Å². The summed E-state index contributed by atoms with van der Waals surface area (Å²) in [4.78, 5) is 35.9. The molecule has 164 valence electrons. The normalized spacial score (nSPS) is 14.8. The predicted octanol–water partition coefficient (Wildman–Crippen LogP) is 3.46. The van der Waals surface area contributed by atoms with Crippen LogP contribution < -0.4 is 15.8 Å². The van der Waals surface area contributed by atoms with Crippen molar-refractivity contribution >= 4 is 49.7 Å². The van der Waals surface area contributed by atoms with Gasteiger partial charge in [-0.1, -0.05) is 0 Å². The van der Waals surface area contributed by atoms with Gasteiger partial charge in [-0.25, -0.2) is 4.98 Å². The molecule has 0 bridgehead atoms. The van der Waals surface area contributed by atoms with E-state index in [0.29, 0.717) is 0 Å². The molecular formula is C24H25N5O2S. The number of anilines is 2. The smallest absolute Gasteiger partial charge is 0.248 e. The van der Waals surface area contributed by atoms with Crippen LogP contribution in [0.3, 0.4) is 0 Å². The summed E-state index contributed by atoms with van der Waals surface area (Å²) in [6, 6.07) is 11.5. The molecule has 1 aliphatic heterocycles. The lowest BCUT2D eigenvalue weighted by molar-refractivity contribution is -0.114. The van der Waals surface area contributed by atoms with Crippen LogP contribution >= 0.6 is 11.3 Å². The SMILES string of the molecule is CC(=O)Nc1ccc2[nH]c(=O)cc(CCN3CCN(c4nccc5sccc45)CC3)c2c1. The Morgan fingerprint density at radius 2 is 1.97 bits per heavy atom. The van der Waals surface area contributed by atoms with E-state index in [1.807, 2.05) is 24.4 Å². The van der Waals surface area contributed by atoms with Crippen LogP contribution in [0.1, 0.15) is 12.5 Å². The van der Waals surface area contributed by atoms with Gasteiger partial charge in [-0.3, -0.25) is 14.5 Å². The molecule has 4 heterocycles.